The second kappa shape index (κ2) is 5.50. The minimum absolute atomic E-state index is 0.0208. The van der Waals surface area contributed by atoms with Gasteiger partial charge in [-0.1, -0.05) is 17.7 Å². The van der Waals surface area contributed by atoms with Gasteiger partial charge in [0, 0.05) is 6.54 Å². The summed E-state index contributed by atoms with van der Waals surface area (Å²) in [6.45, 7) is 0.305. The predicted octanol–water partition coefficient (Wildman–Crippen LogP) is 1.39. The monoisotopic (exact) mass is 238 g/mol. The molecule has 0 aliphatic rings. The van der Waals surface area contributed by atoms with Crippen molar-refractivity contribution in [3.8, 4) is 6.07 Å². The summed E-state index contributed by atoms with van der Waals surface area (Å²) in [5, 5.41) is 9.24. The van der Waals surface area contributed by atoms with E-state index in [9.17, 15) is 4.79 Å². The Kier molecular flexibility index (Phi) is 4.29. The molecule has 1 aromatic carbocycles. The molecule has 0 heterocycles. The predicted molar refractivity (Wildman–Crippen MR) is 59.8 cm³/mol. The molecule has 1 rings (SSSR count). The number of hydrogen-bond donors (Lipinski definition) is 1. The first kappa shape index (κ1) is 12.5. The van der Waals surface area contributed by atoms with Crippen LogP contribution in [0.4, 0.5) is 0 Å². The van der Waals surface area contributed by atoms with Crippen LogP contribution in [0.1, 0.15) is 16.7 Å². The van der Waals surface area contributed by atoms with Gasteiger partial charge >= 0.3 is 5.97 Å². The molecule has 0 fully saturated rings. The average Bonchev–Trinajstić information content (AvgIpc) is 2.28. The van der Waals surface area contributed by atoms with Crippen LogP contribution in [-0.2, 0) is 22.5 Å². The Labute approximate surface area is 98.6 Å². The van der Waals surface area contributed by atoms with Crippen molar-refractivity contribution < 1.29 is 9.53 Å². The van der Waals surface area contributed by atoms with Crippen molar-refractivity contribution in [2.75, 3.05) is 7.11 Å². The first-order chi connectivity index (χ1) is 7.62. The number of ether oxygens (including phenoxy) is 1. The molecule has 0 saturated heterocycles. The maximum absolute atomic E-state index is 11.2. The molecule has 0 aliphatic carbocycles. The van der Waals surface area contributed by atoms with Gasteiger partial charge in [0.2, 0.25) is 0 Å². The molecule has 0 atom stereocenters. The number of halogens is 1. The molecule has 4 nitrogen and oxygen atoms in total. The van der Waals surface area contributed by atoms with Crippen molar-refractivity contribution >= 4 is 17.6 Å². The number of rotatable bonds is 3. The van der Waals surface area contributed by atoms with Crippen molar-refractivity contribution in [2.45, 2.75) is 13.0 Å². The van der Waals surface area contributed by atoms with Crippen LogP contribution in [0.2, 0.25) is 5.02 Å². The Bertz CT molecular complexity index is 452. The standard InChI is InChI=1S/C11H11ClN2O2/c1-16-11(15)4-8-2-7(5-13)3-10(12)9(8)6-14/h2-3H,4-5,13H2,1H3. The molecule has 0 aliphatic heterocycles. The lowest BCUT2D eigenvalue weighted by Crippen LogP contribution is -2.08. The fourth-order valence-electron chi connectivity index (χ4n) is 1.34. The van der Waals surface area contributed by atoms with Crippen LogP contribution in [0, 0.1) is 11.3 Å². The zero-order valence-electron chi connectivity index (χ0n) is 8.79. The zero-order valence-corrected chi connectivity index (χ0v) is 9.54. The normalized spacial score (nSPS) is 9.62. The number of carbonyl (C=O) groups is 1. The van der Waals surface area contributed by atoms with Crippen molar-refractivity contribution in [1.82, 2.24) is 0 Å². The lowest BCUT2D eigenvalue weighted by Gasteiger charge is -2.07. The molecule has 0 aromatic heterocycles. The van der Waals surface area contributed by atoms with Gasteiger partial charge in [0.15, 0.2) is 0 Å². The largest absolute Gasteiger partial charge is 0.469 e. The smallest absolute Gasteiger partial charge is 0.310 e. The third-order valence-electron chi connectivity index (χ3n) is 2.14. The number of methoxy groups -OCH3 is 1. The van der Waals surface area contributed by atoms with Crippen LogP contribution in [-0.4, -0.2) is 13.1 Å². The van der Waals surface area contributed by atoms with E-state index in [0.29, 0.717) is 22.7 Å². The molecule has 0 unspecified atom stereocenters. The Morgan fingerprint density at radius 1 is 1.62 bits per heavy atom. The minimum atomic E-state index is -0.415. The molecule has 84 valence electrons. The molecule has 1 aromatic rings. The summed E-state index contributed by atoms with van der Waals surface area (Å²) in [4.78, 5) is 11.2. The first-order valence-corrected chi connectivity index (χ1v) is 4.98. The highest BCUT2D eigenvalue weighted by molar-refractivity contribution is 6.31. The molecule has 5 heteroatoms. The Balaban J connectivity index is 3.19. The third kappa shape index (κ3) is 2.72. The van der Waals surface area contributed by atoms with Gasteiger partial charge in [0.1, 0.15) is 6.07 Å². The number of benzene rings is 1. The molecule has 0 spiro atoms. The van der Waals surface area contributed by atoms with Gasteiger partial charge in [0.25, 0.3) is 0 Å². The molecular weight excluding hydrogens is 228 g/mol. The van der Waals surface area contributed by atoms with E-state index in [1.54, 1.807) is 12.1 Å². The van der Waals surface area contributed by atoms with E-state index in [2.05, 4.69) is 4.74 Å². The molecular formula is C11H11ClN2O2. The zero-order chi connectivity index (χ0) is 12.1. The maximum atomic E-state index is 11.2. The van der Waals surface area contributed by atoms with Crippen molar-refractivity contribution in [3.63, 3.8) is 0 Å². The summed E-state index contributed by atoms with van der Waals surface area (Å²) in [6, 6.07) is 5.29. The van der Waals surface area contributed by atoms with Gasteiger partial charge in [-0.15, -0.1) is 0 Å². The topological polar surface area (TPSA) is 76.1 Å². The van der Waals surface area contributed by atoms with E-state index in [0.717, 1.165) is 5.56 Å². The summed E-state index contributed by atoms with van der Waals surface area (Å²) >= 11 is 5.91. The van der Waals surface area contributed by atoms with Gasteiger partial charge in [-0.05, 0) is 17.2 Å². The van der Waals surface area contributed by atoms with E-state index in [4.69, 9.17) is 22.6 Å². The minimum Gasteiger partial charge on any atom is -0.469 e. The van der Waals surface area contributed by atoms with Gasteiger partial charge < -0.3 is 10.5 Å². The average molecular weight is 239 g/mol. The van der Waals surface area contributed by atoms with Gasteiger partial charge in [0.05, 0.1) is 24.1 Å². The highest BCUT2D eigenvalue weighted by Crippen LogP contribution is 2.22. The summed E-state index contributed by atoms with van der Waals surface area (Å²) in [5.74, 6) is -0.415. The number of nitrogens with zero attached hydrogens (tertiary/aromatic N) is 1. The number of nitrogens with two attached hydrogens (primary N) is 1. The summed E-state index contributed by atoms with van der Waals surface area (Å²) < 4.78 is 4.54. The number of esters is 1. The Morgan fingerprint density at radius 2 is 2.31 bits per heavy atom. The molecule has 0 amide bonds. The lowest BCUT2D eigenvalue weighted by atomic mass is 10.0. The summed E-state index contributed by atoms with van der Waals surface area (Å²) in [6.07, 6.45) is 0.0208. The molecule has 0 radical (unpaired) electrons. The second-order valence-corrected chi connectivity index (χ2v) is 3.59. The summed E-state index contributed by atoms with van der Waals surface area (Å²) in [5.41, 5.74) is 7.10. The quantitative estimate of drug-likeness (QED) is 0.808. The number of hydrogen-bond acceptors (Lipinski definition) is 4. The van der Waals surface area contributed by atoms with E-state index < -0.39 is 5.97 Å². The fourth-order valence-corrected chi connectivity index (χ4v) is 1.64. The van der Waals surface area contributed by atoms with E-state index in [-0.39, 0.29) is 6.42 Å². The molecule has 16 heavy (non-hydrogen) atoms. The number of nitriles is 1. The first-order valence-electron chi connectivity index (χ1n) is 4.60. The van der Waals surface area contributed by atoms with Crippen LogP contribution >= 0.6 is 11.6 Å². The SMILES string of the molecule is COC(=O)Cc1cc(CN)cc(Cl)c1C#N. The van der Waals surface area contributed by atoms with Crippen LogP contribution in [0.3, 0.4) is 0 Å². The molecule has 2 N–H and O–H groups in total. The van der Waals surface area contributed by atoms with Crippen molar-refractivity contribution in [2.24, 2.45) is 5.73 Å². The second-order valence-electron chi connectivity index (χ2n) is 3.18. The molecule has 0 saturated carbocycles. The third-order valence-corrected chi connectivity index (χ3v) is 2.44. The highest BCUT2D eigenvalue weighted by atomic mass is 35.5. The van der Waals surface area contributed by atoms with Crippen LogP contribution < -0.4 is 5.73 Å². The van der Waals surface area contributed by atoms with Crippen LogP contribution in [0.5, 0.6) is 0 Å². The summed E-state index contributed by atoms with van der Waals surface area (Å²) in [7, 11) is 1.29. The van der Waals surface area contributed by atoms with E-state index >= 15 is 0 Å². The van der Waals surface area contributed by atoms with E-state index in [1.165, 1.54) is 7.11 Å². The van der Waals surface area contributed by atoms with Gasteiger partial charge in [-0.3, -0.25) is 4.79 Å². The van der Waals surface area contributed by atoms with Crippen molar-refractivity contribution in [3.05, 3.63) is 33.8 Å². The maximum Gasteiger partial charge on any atom is 0.310 e. The fraction of sp³-hybridized carbons (Fsp3) is 0.273. The van der Waals surface area contributed by atoms with Crippen LogP contribution in [0.15, 0.2) is 12.1 Å². The molecule has 0 bridgehead atoms. The number of carbonyl (C=O) groups excluding carboxylic acids is 1. The van der Waals surface area contributed by atoms with Gasteiger partial charge in [-0.25, -0.2) is 0 Å². The highest BCUT2D eigenvalue weighted by Gasteiger charge is 2.12. The van der Waals surface area contributed by atoms with Crippen LogP contribution in [0.25, 0.3) is 0 Å². The van der Waals surface area contributed by atoms with E-state index in [1.807, 2.05) is 6.07 Å². The Hall–Kier alpha value is -1.57. The Morgan fingerprint density at radius 3 is 2.81 bits per heavy atom. The van der Waals surface area contributed by atoms with Crippen molar-refractivity contribution in [1.29, 1.82) is 5.26 Å². The lowest BCUT2D eigenvalue weighted by molar-refractivity contribution is -0.139. The van der Waals surface area contributed by atoms with Gasteiger partial charge in [-0.2, -0.15) is 5.26 Å².